The Hall–Kier alpha value is -2.61. The Morgan fingerprint density at radius 2 is 1.90 bits per heavy atom. The van der Waals surface area contributed by atoms with Crippen LogP contribution in [-0.4, -0.2) is 53.0 Å². The van der Waals surface area contributed by atoms with Crippen LogP contribution in [0.4, 0.5) is 4.79 Å². The lowest BCUT2D eigenvalue weighted by Crippen LogP contribution is -2.52. The number of imide groups is 1. The molecule has 1 saturated carbocycles. The predicted molar refractivity (Wildman–Crippen MR) is 115 cm³/mol. The number of urea groups is 1. The normalized spacial score (nSPS) is 28.8. The van der Waals surface area contributed by atoms with Crippen molar-refractivity contribution in [2.24, 2.45) is 5.92 Å². The Bertz CT molecular complexity index is 832. The van der Waals surface area contributed by atoms with E-state index >= 15 is 0 Å². The third-order valence-electron chi connectivity index (χ3n) is 6.81. The summed E-state index contributed by atoms with van der Waals surface area (Å²) in [6.45, 7) is 5.67. The zero-order chi connectivity index (χ0) is 22.0. The Balaban J connectivity index is 1.37. The minimum absolute atomic E-state index is 0.135. The molecule has 2 heterocycles. The Morgan fingerprint density at radius 1 is 1.19 bits per heavy atom. The third kappa shape index (κ3) is 4.39. The number of amides is 4. The van der Waals surface area contributed by atoms with Crippen molar-refractivity contribution in [2.45, 2.75) is 64.0 Å². The molecule has 31 heavy (non-hydrogen) atoms. The highest BCUT2D eigenvalue weighted by Crippen LogP contribution is 2.36. The van der Waals surface area contributed by atoms with E-state index in [0.717, 1.165) is 48.5 Å². The SMILES string of the molecule is CCOc1ccc(C2CCCN2CC(=O)NN2C(=O)NC3(CCC(C)CC3)C2=O)cc1. The second-order valence-electron chi connectivity index (χ2n) is 9.00. The van der Waals surface area contributed by atoms with Gasteiger partial charge in [0.05, 0.1) is 13.2 Å². The lowest BCUT2D eigenvalue weighted by Gasteiger charge is -2.33. The van der Waals surface area contributed by atoms with Crippen molar-refractivity contribution in [3.8, 4) is 5.75 Å². The summed E-state index contributed by atoms with van der Waals surface area (Å²) in [5.74, 6) is 0.705. The van der Waals surface area contributed by atoms with Crippen LogP contribution < -0.4 is 15.5 Å². The van der Waals surface area contributed by atoms with Gasteiger partial charge in [0.15, 0.2) is 0 Å². The first-order valence-corrected chi connectivity index (χ1v) is 11.3. The summed E-state index contributed by atoms with van der Waals surface area (Å²) < 4.78 is 5.51. The summed E-state index contributed by atoms with van der Waals surface area (Å²) in [7, 11) is 0. The molecule has 1 aromatic carbocycles. The average molecular weight is 429 g/mol. The van der Waals surface area contributed by atoms with Crippen molar-refractivity contribution in [2.75, 3.05) is 19.7 Å². The van der Waals surface area contributed by atoms with Crippen molar-refractivity contribution in [3.63, 3.8) is 0 Å². The fraction of sp³-hybridized carbons (Fsp3) is 0.609. The maximum atomic E-state index is 12.9. The van der Waals surface area contributed by atoms with E-state index in [4.69, 9.17) is 4.74 Å². The van der Waals surface area contributed by atoms with Gasteiger partial charge in [-0.05, 0) is 75.6 Å². The van der Waals surface area contributed by atoms with E-state index in [1.165, 1.54) is 0 Å². The molecule has 2 saturated heterocycles. The number of hydrogen-bond donors (Lipinski definition) is 2. The Morgan fingerprint density at radius 3 is 2.58 bits per heavy atom. The number of carbonyl (C=O) groups excluding carboxylic acids is 3. The molecule has 1 aromatic rings. The lowest BCUT2D eigenvalue weighted by molar-refractivity contribution is -0.140. The standard InChI is InChI=1S/C23H32N4O4/c1-3-31-18-8-6-17(7-9-18)19-5-4-14-26(19)15-20(28)25-27-21(29)23(24-22(27)30)12-10-16(2)11-13-23/h6-9,16,19H,3-5,10-15H2,1-2H3,(H,24,30)(H,25,28). The number of carbonyl (C=O) groups is 3. The van der Waals surface area contributed by atoms with Crippen LogP contribution in [0.2, 0.25) is 0 Å². The molecule has 1 unspecified atom stereocenters. The summed E-state index contributed by atoms with van der Waals surface area (Å²) in [4.78, 5) is 40.2. The van der Waals surface area contributed by atoms with Gasteiger partial charge in [-0.2, -0.15) is 5.01 Å². The number of hydrazine groups is 1. The number of hydrogen-bond acceptors (Lipinski definition) is 5. The van der Waals surface area contributed by atoms with Crippen LogP contribution in [0, 0.1) is 5.92 Å². The summed E-state index contributed by atoms with van der Waals surface area (Å²) in [5, 5.41) is 3.73. The Labute approximate surface area is 183 Å². The van der Waals surface area contributed by atoms with Crippen LogP contribution in [0.1, 0.15) is 64.0 Å². The molecule has 0 bridgehead atoms. The molecule has 8 nitrogen and oxygen atoms in total. The van der Waals surface area contributed by atoms with Crippen molar-refractivity contribution < 1.29 is 19.1 Å². The van der Waals surface area contributed by atoms with Crippen LogP contribution >= 0.6 is 0 Å². The molecule has 168 valence electrons. The van der Waals surface area contributed by atoms with Gasteiger partial charge >= 0.3 is 6.03 Å². The quantitative estimate of drug-likeness (QED) is 0.680. The molecule has 2 aliphatic heterocycles. The second-order valence-corrected chi connectivity index (χ2v) is 9.00. The zero-order valence-electron chi connectivity index (χ0n) is 18.4. The third-order valence-corrected chi connectivity index (χ3v) is 6.81. The monoisotopic (exact) mass is 428 g/mol. The topological polar surface area (TPSA) is 91.0 Å². The van der Waals surface area contributed by atoms with Gasteiger partial charge < -0.3 is 10.1 Å². The van der Waals surface area contributed by atoms with Crippen molar-refractivity contribution in [3.05, 3.63) is 29.8 Å². The van der Waals surface area contributed by atoms with Gasteiger partial charge in [-0.1, -0.05) is 19.1 Å². The highest BCUT2D eigenvalue weighted by molar-refractivity contribution is 6.08. The van der Waals surface area contributed by atoms with E-state index in [-0.39, 0.29) is 24.4 Å². The summed E-state index contributed by atoms with van der Waals surface area (Å²) in [6.07, 6.45) is 4.99. The van der Waals surface area contributed by atoms with Crippen molar-refractivity contribution >= 4 is 17.8 Å². The Kier molecular flexibility index (Phi) is 6.18. The van der Waals surface area contributed by atoms with E-state index in [1.54, 1.807) is 0 Å². The largest absolute Gasteiger partial charge is 0.494 e. The fourth-order valence-electron chi connectivity index (χ4n) is 5.01. The van der Waals surface area contributed by atoms with E-state index in [2.05, 4.69) is 22.6 Å². The predicted octanol–water partition coefficient (Wildman–Crippen LogP) is 2.75. The van der Waals surface area contributed by atoms with Crippen LogP contribution in [0.3, 0.4) is 0 Å². The molecule has 3 aliphatic rings. The maximum absolute atomic E-state index is 12.9. The van der Waals surface area contributed by atoms with Gasteiger partial charge in [-0.3, -0.25) is 19.9 Å². The van der Waals surface area contributed by atoms with Crippen LogP contribution in [0.25, 0.3) is 0 Å². The first-order valence-electron chi connectivity index (χ1n) is 11.3. The minimum atomic E-state index is -0.852. The van der Waals surface area contributed by atoms with E-state index in [9.17, 15) is 14.4 Å². The van der Waals surface area contributed by atoms with Gasteiger partial charge in [0.25, 0.3) is 11.8 Å². The fourth-order valence-corrected chi connectivity index (χ4v) is 5.01. The summed E-state index contributed by atoms with van der Waals surface area (Å²) in [6, 6.07) is 7.59. The first kappa shape index (κ1) is 21.6. The number of ether oxygens (including phenoxy) is 1. The number of likely N-dealkylation sites (tertiary alicyclic amines) is 1. The highest BCUT2D eigenvalue weighted by Gasteiger charge is 2.53. The van der Waals surface area contributed by atoms with Crippen molar-refractivity contribution in [1.82, 2.24) is 20.7 Å². The molecule has 8 heteroatoms. The van der Waals surface area contributed by atoms with E-state index in [1.807, 2.05) is 31.2 Å². The molecule has 2 N–H and O–H groups in total. The van der Waals surface area contributed by atoms with Crippen LogP contribution in [0.5, 0.6) is 5.75 Å². The summed E-state index contributed by atoms with van der Waals surface area (Å²) in [5.41, 5.74) is 2.84. The molecule has 1 spiro atoms. The maximum Gasteiger partial charge on any atom is 0.344 e. The minimum Gasteiger partial charge on any atom is -0.494 e. The number of rotatable bonds is 6. The van der Waals surface area contributed by atoms with Crippen molar-refractivity contribution in [1.29, 1.82) is 0 Å². The molecule has 4 amide bonds. The van der Waals surface area contributed by atoms with Crippen LogP contribution in [-0.2, 0) is 9.59 Å². The number of nitrogens with zero attached hydrogens (tertiary/aromatic N) is 2. The molecular formula is C23H32N4O4. The van der Waals surface area contributed by atoms with E-state index in [0.29, 0.717) is 25.4 Å². The van der Waals surface area contributed by atoms with Gasteiger partial charge in [-0.25, -0.2) is 4.79 Å². The van der Waals surface area contributed by atoms with Gasteiger partial charge in [-0.15, -0.1) is 0 Å². The zero-order valence-corrected chi connectivity index (χ0v) is 18.4. The smallest absolute Gasteiger partial charge is 0.344 e. The molecule has 0 radical (unpaired) electrons. The number of benzene rings is 1. The summed E-state index contributed by atoms with van der Waals surface area (Å²) >= 11 is 0. The molecule has 3 fully saturated rings. The molecular weight excluding hydrogens is 396 g/mol. The highest BCUT2D eigenvalue weighted by atomic mass is 16.5. The van der Waals surface area contributed by atoms with Gasteiger partial charge in [0.2, 0.25) is 0 Å². The molecule has 0 aromatic heterocycles. The number of nitrogens with one attached hydrogen (secondary N) is 2. The average Bonchev–Trinajstić information content (AvgIpc) is 3.30. The molecule has 1 aliphatic carbocycles. The van der Waals surface area contributed by atoms with Gasteiger partial charge in [0.1, 0.15) is 11.3 Å². The van der Waals surface area contributed by atoms with Gasteiger partial charge in [0, 0.05) is 6.04 Å². The first-order chi connectivity index (χ1) is 14.9. The van der Waals surface area contributed by atoms with Crippen LogP contribution in [0.15, 0.2) is 24.3 Å². The second kappa shape index (κ2) is 8.86. The molecule has 4 rings (SSSR count). The molecule has 1 atom stereocenters. The van der Waals surface area contributed by atoms with E-state index < -0.39 is 11.6 Å². The lowest BCUT2D eigenvalue weighted by atomic mass is 9.77.